The normalized spacial score (nSPS) is 11.2. The van der Waals surface area contributed by atoms with Gasteiger partial charge in [-0.05, 0) is 49.6 Å². The van der Waals surface area contributed by atoms with Gasteiger partial charge in [0, 0.05) is 38.8 Å². The summed E-state index contributed by atoms with van der Waals surface area (Å²) in [6.45, 7) is 5.39. The van der Waals surface area contributed by atoms with Gasteiger partial charge in [0.05, 0.1) is 11.9 Å². The summed E-state index contributed by atoms with van der Waals surface area (Å²) in [7, 11) is -1.44. The number of hydrogen-bond donors (Lipinski definition) is 1. The van der Waals surface area contributed by atoms with Crippen LogP contribution in [0.25, 0.3) is 0 Å². The molecule has 0 radical (unpaired) electrons. The molecular weight excluding hydrogens is 386 g/mol. The largest absolute Gasteiger partial charge is 0.373 e. The molecule has 0 saturated heterocycles. The van der Waals surface area contributed by atoms with E-state index in [1.165, 1.54) is 10.6 Å². The Hall–Kier alpha value is -2.54. The van der Waals surface area contributed by atoms with Crippen LogP contribution in [0.5, 0.6) is 0 Å². The van der Waals surface area contributed by atoms with Gasteiger partial charge in [-0.3, -0.25) is 9.10 Å². The van der Waals surface area contributed by atoms with Crippen LogP contribution in [0.2, 0.25) is 0 Å². The Balaban J connectivity index is 1.83. The van der Waals surface area contributed by atoms with Crippen LogP contribution in [0.4, 0.5) is 11.4 Å². The van der Waals surface area contributed by atoms with E-state index >= 15 is 0 Å². The van der Waals surface area contributed by atoms with Crippen LogP contribution in [0.3, 0.4) is 0 Å². The standard InChI is InChI=1S/C22H31N3O3S/c1-18-10-8-13-21(19(18)2)25(29(4,27)28)16-9-14-22(26)23-15-17-24(3)20-11-6-5-7-12-20/h5-8,10-13H,9,14-17H2,1-4H3,(H,23,26). The Morgan fingerprint density at radius 1 is 1.00 bits per heavy atom. The first-order valence-corrected chi connectivity index (χ1v) is 11.6. The predicted octanol–water partition coefficient (Wildman–Crippen LogP) is 3.10. The van der Waals surface area contributed by atoms with Crippen molar-refractivity contribution in [2.24, 2.45) is 0 Å². The summed E-state index contributed by atoms with van der Waals surface area (Å²) in [5, 5.41) is 2.91. The molecule has 0 fully saturated rings. The molecule has 0 spiro atoms. The molecule has 0 aliphatic carbocycles. The van der Waals surface area contributed by atoms with Crippen LogP contribution in [-0.4, -0.2) is 47.3 Å². The number of rotatable bonds is 10. The second kappa shape index (κ2) is 10.3. The fraction of sp³-hybridized carbons (Fsp3) is 0.409. The molecule has 0 aliphatic heterocycles. The van der Waals surface area contributed by atoms with Crippen molar-refractivity contribution in [3.63, 3.8) is 0 Å². The van der Waals surface area contributed by atoms with Gasteiger partial charge in [-0.1, -0.05) is 30.3 Å². The van der Waals surface area contributed by atoms with E-state index in [1.54, 1.807) is 0 Å². The summed E-state index contributed by atoms with van der Waals surface area (Å²) in [4.78, 5) is 14.2. The van der Waals surface area contributed by atoms with Crippen molar-refractivity contribution in [3.05, 3.63) is 59.7 Å². The molecule has 0 aromatic heterocycles. The maximum atomic E-state index is 12.3. The summed E-state index contributed by atoms with van der Waals surface area (Å²) in [6.07, 6.45) is 1.95. The van der Waals surface area contributed by atoms with Gasteiger partial charge in [-0.15, -0.1) is 0 Å². The number of nitrogens with zero attached hydrogens (tertiary/aromatic N) is 2. The number of sulfonamides is 1. The van der Waals surface area contributed by atoms with Gasteiger partial charge in [0.15, 0.2) is 0 Å². The second-order valence-electron chi connectivity index (χ2n) is 7.26. The number of likely N-dealkylation sites (N-methyl/N-ethyl adjacent to an activating group) is 1. The zero-order valence-corrected chi connectivity index (χ0v) is 18.5. The smallest absolute Gasteiger partial charge is 0.232 e. The highest BCUT2D eigenvalue weighted by atomic mass is 32.2. The molecule has 1 amide bonds. The van der Waals surface area contributed by atoms with Crippen LogP contribution in [0.1, 0.15) is 24.0 Å². The SMILES string of the molecule is Cc1cccc(N(CCCC(=O)NCCN(C)c2ccccc2)S(C)(=O)=O)c1C. The number of aryl methyl sites for hydroxylation is 1. The zero-order valence-electron chi connectivity index (χ0n) is 17.7. The number of carbonyl (C=O) groups excluding carboxylic acids is 1. The molecule has 2 aromatic carbocycles. The van der Waals surface area contributed by atoms with E-state index in [1.807, 2.05) is 69.4 Å². The number of hydrogen-bond acceptors (Lipinski definition) is 4. The fourth-order valence-corrected chi connectivity index (χ4v) is 4.13. The molecule has 0 heterocycles. The molecular formula is C22H31N3O3S. The third-order valence-corrected chi connectivity index (χ3v) is 6.16. The van der Waals surface area contributed by atoms with Gasteiger partial charge in [0.1, 0.15) is 0 Å². The fourth-order valence-electron chi connectivity index (χ4n) is 3.12. The molecule has 158 valence electrons. The quantitative estimate of drug-likeness (QED) is 0.645. The number of amides is 1. The topological polar surface area (TPSA) is 69.7 Å². The summed E-state index contributed by atoms with van der Waals surface area (Å²) in [6, 6.07) is 15.6. The van der Waals surface area contributed by atoms with Gasteiger partial charge in [-0.25, -0.2) is 8.42 Å². The first-order chi connectivity index (χ1) is 13.7. The van der Waals surface area contributed by atoms with Crippen molar-refractivity contribution in [3.8, 4) is 0 Å². The first kappa shape index (κ1) is 22.7. The average molecular weight is 418 g/mol. The summed E-state index contributed by atoms with van der Waals surface area (Å²) < 4.78 is 25.9. The third-order valence-electron chi connectivity index (χ3n) is 4.98. The van der Waals surface area contributed by atoms with Crippen molar-refractivity contribution in [1.29, 1.82) is 0 Å². The van der Waals surface area contributed by atoms with Crippen molar-refractivity contribution in [2.75, 3.05) is 42.1 Å². The molecule has 6 nitrogen and oxygen atoms in total. The van der Waals surface area contributed by atoms with Crippen molar-refractivity contribution < 1.29 is 13.2 Å². The van der Waals surface area contributed by atoms with Crippen LogP contribution in [-0.2, 0) is 14.8 Å². The molecule has 1 N–H and O–H groups in total. The van der Waals surface area contributed by atoms with Gasteiger partial charge in [0.25, 0.3) is 0 Å². The minimum absolute atomic E-state index is 0.0686. The van der Waals surface area contributed by atoms with Crippen molar-refractivity contribution in [1.82, 2.24) is 5.32 Å². The van der Waals surface area contributed by atoms with E-state index < -0.39 is 10.0 Å². The molecule has 0 unspecified atom stereocenters. The molecule has 2 aromatic rings. The molecule has 0 aliphatic rings. The first-order valence-electron chi connectivity index (χ1n) is 9.77. The maximum absolute atomic E-state index is 12.3. The van der Waals surface area contributed by atoms with Crippen molar-refractivity contribution >= 4 is 27.3 Å². The number of benzene rings is 2. The lowest BCUT2D eigenvalue weighted by molar-refractivity contribution is -0.121. The van der Waals surface area contributed by atoms with E-state index in [-0.39, 0.29) is 18.9 Å². The Labute approximate surface area is 174 Å². The second-order valence-corrected chi connectivity index (χ2v) is 9.17. The zero-order chi connectivity index (χ0) is 21.4. The molecule has 0 saturated carbocycles. The highest BCUT2D eigenvalue weighted by Gasteiger charge is 2.19. The molecule has 7 heteroatoms. The molecule has 0 atom stereocenters. The number of carbonyl (C=O) groups is 1. The predicted molar refractivity (Wildman–Crippen MR) is 120 cm³/mol. The Morgan fingerprint density at radius 3 is 2.34 bits per heavy atom. The van der Waals surface area contributed by atoms with Crippen LogP contribution in [0, 0.1) is 13.8 Å². The Kier molecular flexibility index (Phi) is 8.08. The van der Waals surface area contributed by atoms with E-state index in [0.717, 1.165) is 16.8 Å². The molecule has 29 heavy (non-hydrogen) atoms. The van der Waals surface area contributed by atoms with E-state index in [9.17, 15) is 13.2 Å². The summed E-state index contributed by atoms with van der Waals surface area (Å²) >= 11 is 0. The van der Waals surface area contributed by atoms with E-state index in [4.69, 9.17) is 0 Å². The van der Waals surface area contributed by atoms with E-state index in [0.29, 0.717) is 25.2 Å². The van der Waals surface area contributed by atoms with Gasteiger partial charge < -0.3 is 10.2 Å². The monoisotopic (exact) mass is 417 g/mol. The lowest BCUT2D eigenvalue weighted by Gasteiger charge is -2.25. The molecule has 2 rings (SSSR count). The van der Waals surface area contributed by atoms with Crippen LogP contribution >= 0.6 is 0 Å². The summed E-state index contributed by atoms with van der Waals surface area (Å²) in [5.74, 6) is -0.0686. The minimum Gasteiger partial charge on any atom is -0.373 e. The summed E-state index contributed by atoms with van der Waals surface area (Å²) in [5.41, 5.74) is 3.75. The maximum Gasteiger partial charge on any atom is 0.232 e. The lowest BCUT2D eigenvalue weighted by Crippen LogP contribution is -2.34. The van der Waals surface area contributed by atoms with Gasteiger partial charge >= 0.3 is 0 Å². The molecule has 0 bridgehead atoms. The number of anilines is 2. The lowest BCUT2D eigenvalue weighted by atomic mass is 10.1. The highest BCUT2D eigenvalue weighted by molar-refractivity contribution is 7.92. The Morgan fingerprint density at radius 2 is 1.69 bits per heavy atom. The average Bonchev–Trinajstić information content (AvgIpc) is 2.67. The Bertz CT molecular complexity index is 914. The van der Waals surface area contributed by atoms with Gasteiger partial charge in [0.2, 0.25) is 15.9 Å². The van der Waals surface area contributed by atoms with Crippen LogP contribution in [0.15, 0.2) is 48.5 Å². The third kappa shape index (κ3) is 6.78. The number of nitrogens with one attached hydrogen (secondary N) is 1. The number of para-hydroxylation sites is 1. The van der Waals surface area contributed by atoms with Crippen LogP contribution < -0.4 is 14.5 Å². The van der Waals surface area contributed by atoms with Gasteiger partial charge in [-0.2, -0.15) is 0 Å². The van der Waals surface area contributed by atoms with Crippen molar-refractivity contribution in [2.45, 2.75) is 26.7 Å². The highest BCUT2D eigenvalue weighted by Crippen LogP contribution is 2.25. The van der Waals surface area contributed by atoms with E-state index in [2.05, 4.69) is 10.2 Å². The minimum atomic E-state index is -3.42.